The summed E-state index contributed by atoms with van der Waals surface area (Å²) in [5, 5.41) is 0. The fourth-order valence-corrected chi connectivity index (χ4v) is 1.56. The summed E-state index contributed by atoms with van der Waals surface area (Å²) in [5.74, 6) is 0. The first-order chi connectivity index (χ1) is 7.20. The lowest BCUT2D eigenvalue weighted by atomic mass is 10.1. The van der Waals surface area contributed by atoms with Crippen molar-refractivity contribution >= 4 is 11.0 Å². The second-order valence-electron chi connectivity index (χ2n) is 3.45. The van der Waals surface area contributed by atoms with Crippen LogP contribution < -0.4 is 11.4 Å². The summed E-state index contributed by atoms with van der Waals surface area (Å²) in [7, 11) is 1.61. The highest BCUT2D eigenvalue weighted by Gasteiger charge is 2.07. The minimum Gasteiger partial charge on any atom is -0.383 e. The normalized spacial score (nSPS) is 13.2. The number of imidazole rings is 1. The molecular weight excluding hydrogens is 194 g/mol. The zero-order valence-corrected chi connectivity index (χ0v) is 8.41. The monoisotopic (exact) mass is 207 g/mol. The summed E-state index contributed by atoms with van der Waals surface area (Å²) in [6.07, 6.45) is 0. The number of hydrogen-bond acceptors (Lipinski definition) is 3. The maximum absolute atomic E-state index is 11.0. The number of methoxy groups -OCH3 is 1. The Morgan fingerprint density at radius 2 is 2.13 bits per heavy atom. The van der Waals surface area contributed by atoms with Gasteiger partial charge in [0.15, 0.2) is 0 Å². The van der Waals surface area contributed by atoms with Crippen LogP contribution in [0.25, 0.3) is 11.0 Å². The molecule has 0 saturated carbocycles. The van der Waals surface area contributed by atoms with Gasteiger partial charge in [0.05, 0.1) is 23.7 Å². The molecule has 0 fully saturated rings. The Morgan fingerprint density at radius 1 is 1.40 bits per heavy atom. The number of rotatable bonds is 3. The van der Waals surface area contributed by atoms with Gasteiger partial charge in [-0.25, -0.2) is 4.79 Å². The molecule has 15 heavy (non-hydrogen) atoms. The third kappa shape index (κ3) is 1.93. The van der Waals surface area contributed by atoms with Gasteiger partial charge in [-0.05, 0) is 17.7 Å². The molecule has 2 aromatic rings. The van der Waals surface area contributed by atoms with Gasteiger partial charge in [-0.15, -0.1) is 0 Å². The molecule has 2 rings (SSSR count). The molecule has 0 aliphatic carbocycles. The summed E-state index contributed by atoms with van der Waals surface area (Å²) in [4.78, 5) is 16.4. The molecule has 80 valence electrons. The first kappa shape index (κ1) is 9.95. The Morgan fingerprint density at radius 3 is 2.87 bits per heavy atom. The highest BCUT2D eigenvalue weighted by atomic mass is 16.5. The topological polar surface area (TPSA) is 83.9 Å². The van der Waals surface area contributed by atoms with E-state index in [0.29, 0.717) is 6.61 Å². The minimum atomic E-state index is -0.206. The van der Waals surface area contributed by atoms with Gasteiger partial charge in [0.1, 0.15) is 0 Å². The molecule has 1 aromatic carbocycles. The van der Waals surface area contributed by atoms with E-state index in [1.807, 2.05) is 18.2 Å². The number of H-pyrrole nitrogens is 2. The van der Waals surface area contributed by atoms with E-state index in [2.05, 4.69) is 9.97 Å². The van der Waals surface area contributed by atoms with E-state index in [-0.39, 0.29) is 11.7 Å². The number of aromatic nitrogens is 2. The molecule has 4 N–H and O–H groups in total. The Bertz CT molecular complexity index is 515. The number of aromatic amines is 2. The smallest absolute Gasteiger partial charge is 0.323 e. The van der Waals surface area contributed by atoms with E-state index in [1.165, 1.54) is 0 Å². The fourth-order valence-electron chi connectivity index (χ4n) is 1.56. The molecule has 1 atom stereocenters. The van der Waals surface area contributed by atoms with Crippen LogP contribution in [0, 0.1) is 0 Å². The van der Waals surface area contributed by atoms with Crippen LogP contribution in [0.4, 0.5) is 0 Å². The second kappa shape index (κ2) is 3.88. The summed E-state index contributed by atoms with van der Waals surface area (Å²) >= 11 is 0. The largest absolute Gasteiger partial charge is 0.383 e. The van der Waals surface area contributed by atoms with E-state index >= 15 is 0 Å². The summed E-state index contributed by atoms with van der Waals surface area (Å²) in [6.45, 7) is 0.458. The second-order valence-corrected chi connectivity index (χ2v) is 3.45. The van der Waals surface area contributed by atoms with Crippen LogP contribution in [0.3, 0.4) is 0 Å². The van der Waals surface area contributed by atoms with Gasteiger partial charge in [0.25, 0.3) is 0 Å². The van der Waals surface area contributed by atoms with Crippen molar-refractivity contribution in [3.05, 3.63) is 34.2 Å². The lowest BCUT2D eigenvalue weighted by Gasteiger charge is -2.10. The standard InChI is InChI=1S/C10H13N3O2/c1-15-5-7(11)6-2-3-8-9(4-6)13-10(14)12-8/h2-4,7H,5,11H2,1H3,(H2,12,13,14). The summed E-state index contributed by atoms with van der Waals surface area (Å²) < 4.78 is 4.97. The Labute approximate surface area is 86.3 Å². The van der Waals surface area contributed by atoms with Crippen LogP contribution in [0.2, 0.25) is 0 Å². The predicted molar refractivity (Wildman–Crippen MR) is 57.7 cm³/mol. The van der Waals surface area contributed by atoms with Crippen molar-refractivity contribution in [1.29, 1.82) is 0 Å². The molecule has 0 aliphatic rings. The molecule has 0 bridgehead atoms. The van der Waals surface area contributed by atoms with Crippen molar-refractivity contribution in [2.75, 3.05) is 13.7 Å². The minimum absolute atomic E-state index is 0.169. The Balaban J connectivity index is 2.41. The maximum atomic E-state index is 11.0. The molecule has 0 aliphatic heterocycles. The highest BCUT2D eigenvalue weighted by Crippen LogP contribution is 2.15. The summed E-state index contributed by atoms with van der Waals surface area (Å²) in [5.41, 5.74) is 8.17. The maximum Gasteiger partial charge on any atom is 0.323 e. The molecule has 0 radical (unpaired) electrons. The number of nitrogens with two attached hydrogens (primary N) is 1. The summed E-state index contributed by atoms with van der Waals surface area (Å²) in [6, 6.07) is 5.41. The number of hydrogen-bond donors (Lipinski definition) is 3. The van der Waals surface area contributed by atoms with Crippen LogP contribution in [0.15, 0.2) is 23.0 Å². The average molecular weight is 207 g/mol. The first-order valence-electron chi connectivity index (χ1n) is 4.67. The van der Waals surface area contributed by atoms with Gasteiger partial charge in [0, 0.05) is 7.11 Å². The van der Waals surface area contributed by atoms with E-state index in [0.717, 1.165) is 16.6 Å². The van der Waals surface area contributed by atoms with E-state index < -0.39 is 0 Å². The molecule has 0 amide bonds. The van der Waals surface area contributed by atoms with Crippen LogP contribution >= 0.6 is 0 Å². The molecule has 1 heterocycles. The molecule has 1 aromatic heterocycles. The van der Waals surface area contributed by atoms with Gasteiger partial charge in [-0.2, -0.15) is 0 Å². The Kier molecular flexibility index (Phi) is 2.57. The molecular formula is C10H13N3O2. The van der Waals surface area contributed by atoms with Gasteiger partial charge >= 0.3 is 5.69 Å². The third-order valence-corrected chi connectivity index (χ3v) is 2.31. The lowest BCUT2D eigenvalue weighted by molar-refractivity contribution is 0.181. The van der Waals surface area contributed by atoms with Gasteiger partial charge in [-0.3, -0.25) is 0 Å². The third-order valence-electron chi connectivity index (χ3n) is 2.31. The first-order valence-corrected chi connectivity index (χ1v) is 4.67. The average Bonchev–Trinajstić information content (AvgIpc) is 2.57. The number of fused-ring (bicyclic) bond motifs is 1. The van der Waals surface area contributed by atoms with Gasteiger partial charge in [-0.1, -0.05) is 6.07 Å². The quantitative estimate of drug-likeness (QED) is 0.685. The fraction of sp³-hybridized carbons (Fsp3) is 0.300. The van der Waals surface area contributed by atoms with Gasteiger partial charge in [0.2, 0.25) is 0 Å². The van der Waals surface area contributed by atoms with Crippen molar-refractivity contribution in [3.8, 4) is 0 Å². The Hall–Kier alpha value is -1.59. The van der Waals surface area contributed by atoms with Crippen LogP contribution in [0.5, 0.6) is 0 Å². The molecule has 5 heteroatoms. The zero-order chi connectivity index (χ0) is 10.8. The van der Waals surface area contributed by atoms with Crippen molar-refractivity contribution in [2.24, 2.45) is 5.73 Å². The number of benzene rings is 1. The van der Waals surface area contributed by atoms with E-state index in [1.54, 1.807) is 7.11 Å². The van der Waals surface area contributed by atoms with Crippen LogP contribution in [0.1, 0.15) is 11.6 Å². The van der Waals surface area contributed by atoms with Crippen molar-refractivity contribution in [3.63, 3.8) is 0 Å². The molecule has 0 saturated heterocycles. The van der Waals surface area contributed by atoms with Crippen molar-refractivity contribution < 1.29 is 4.74 Å². The number of nitrogens with one attached hydrogen (secondary N) is 2. The zero-order valence-electron chi connectivity index (χ0n) is 8.41. The van der Waals surface area contributed by atoms with E-state index in [4.69, 9.17) is 10.5 Å². The number of ether oxygens (including phenoxy) is 1. The highest BCUT2D eigenvalue weighted by molar-refractivity contribution is 5.75. The lowest BCUT2D eigenvalue weighted by Crippen LogP contribution is -2.15. The molecule has 0 spiro atoms. The van der Waals surface area contributed by atoms with E-state index in [9.17, 15) is 4.79 Å². The van der Waals surface area contributed by atoms with Crippen molar-refractivity contribution in [2.45, 2.75) is 6.04 Å². The molecule has 1 unspecified atom stereocenters. The van der Waals surface area contributed by atoms with Crippen LogP contribution in [-0.2, 0) is 4.74 Å². The van der Waals surface area contributed by atoms with Gasteiger partial charge < -0.3 is 20.4 Å². The predicted octanol–water partition coefficient (Wildman–Crippen LogP) is 0.502. The van der Waals surface area contributed by atoms with Crippen LogP contribution in [-0.4, -0.2) is 23.7 Å². The van der Waals surface area contributed by atoms with Crippen molar-refractivity contribution in [1.82, 2.24) is 9.97 Å². The molecule has 5 nitrogen and oxygen atoms in total. The SMILES string of the molecule is COCC(N)c1ccc2[nH]c(=O)[nH]c2c1.